The van der Waals surface area contributed by atoms with E-state index in [0.29, 0.717) is 11.9 Å². The van der Waals surface area contributed by atoms with E-state index in [2.05, 4.69) is 9.97 Å². The summed E-state index contributed by atoms with van der Waals surface area (Å²) in [7, 11) is 0. The molecule has 4 aromatic rings. The van der Waals surface area contributed by atoms with Crippen molar-refractivity contribution in [1.82, 2.24) is 14.5 Å². The van der Waals surface area contributed by atoms with Gasteiger partial charge in [-0.15, -0.1) is 11.3 Å². The molecule has 1 aromatic carbocycles. The van der Waals surface area contributed by atoms with Gasteiger partial charge < -0.3 is 0 Å². The Morgan fingerprint density at radius 2 is 2.00 bits per heavy atom. The largest absolute Gasteiger partial charge is 0.293 e. The Morgan fingerprint density at radius 3 is 2.95 bits per heavy atom. The van der Waals surface area contributed by atoms with Crippen LogP contribution in [0.4, 0.5) is 0 Å². The summed E-state index contributed by atoms with van der Waals surface area (Å²) < 4.78 is 1.60. The number of hydrogen-bond donors (Lipinski definition) is 0. The first-order valence-corrected chi connectivity index (χ1v) is 7.46. The molecule has 0 spiro atoms. The summed E-state index contributed by atoms with van der Waals surface area (Å²) >= 11 is 1.48. The van der Waals surface area contributed by atoms with Crippen LogP contribution in [-0.2, 0) is 6.54 Å². The van der Waals surface area contributed by atoms with E-state index < -0.39 is 0 Å². The highest BCUT2D eigenvalue weighted by Gasteiger charge is 2.06. The number of nitrogens with zero attached hydrogens (tertiary/aromatic N) is 3. The molecule has 0 aliphatic carbocycles. The number of thiophene rings is 1. The van der Waals surface area contributed by atoms with Gasteiger partial charge in [0.15, 0.2) is 0 Å². The molecule has 0 bridgehead atoms. The van der Waals surface area contributed by atoms with Crippen LogP contribution < -0.4 is 5.56 Å². The van der Waals surface area contributed by atoms with Gasteiger partial charge in [-0.2, -0.15) is 0 Å². The fourth-order valence-electron chi connectivity index (χ4n) is 2.38. The predicted molar refractivity (Wildman–Crippen MR) is 84.7 cm³/mol. The van der Waals surface area contributed by atoms with E-state index in [1.165, 1.54) is 11.3 Å². The minimum atomic E-state index is -0.0174. The van der Waals surface area contributed by atoms with E-state index in [4.69, 9.17) is 0 Å². The van der Waals surface area contributed by atoms with Crippen LogP contribution in [0.25, 0.3) is 21.1 Å². The highest BCUT2D eigenvalue weighted by Crippen LogP contribution is 2.15. The molecule has 0 saturated carbocycles. The first kappa shape index (κ1) is 12.2. The summed E-state index contributed by atoms with van der Waals surface area (Å²) in [4.78, 5) is 22.0. The molecule has 0 atom stereocenters. The number of aromatic nitrogens is 3. The Morgan fingerprint density at radius 1 is 1.10 bits per heavy atom. The Kier molecular flexibility index (Phi) is 2.79. The molecule has 5 heteroatoms. The topological polar surface area (TPSA) is 47.8 Å². The van der Waals surface area contributed by atoms with Gasteiger partial charge in [0, 0.05) is 5.39 Å². The van der Waals surface area contributed by atoms with E-state index in [9.17, 15) is 4.79 Å². The number of benzene rings is 1. The molecule has 4 nitrogen and oxygen atoms in total. The minimum absolute atomic E-state index is 0.0174. The molecule has 102 valence electrons. The van der Waals surface area contributed by atoms with Crippen LogP contribution in [0.1, 0.15) is 5.69 Å². The molecule has 0 aliphatic heterocycles. The highest BCUT2D eigenvalue weighted by molar-refractivity contribution is 7.16. The zero-order valence-corrected chi connectivity index (χ0v) is 11.9. The summed E-state index contributed by atoms with van der Waals surface area (Å²) in [5, 5.41) is 3.65. The zero-order chi connectivity index (χ0) is 14.2. The third kappa shape index (κ3) is 2.11. The number of rotatable bonds is 2. The molecule has 3 aromatic heterocycles. The van der Waals surface area contributed by atoms with Gasteiger partial charge in [0.05, 0.1) is 29.5 Å². The van der Waals surface area contributed by atoms with Gasteiger partial charge >= 0.3 is 0 Å². The van der Waals surface area contributed by atoms with Gasteiger partial charge in [0.1, 0.15) is 4.83 Å². The van der Waals surface area contributed by atoms with Gasteiger partial charge in [0.2, 0.25) is 0 Å². The minimum Gasteiger partial charge on any atom is -0.293 e. The average Bonchev–Trinajstić information content (AvgIpc) is 2.99. The molecule has 0 radical (unpaired) electrons. The zero-order valence-electron chi connectivity index (χ0n) is 11.1. The van der Waals surface area contributed by atoms with Gasteiger partial charge in [-0.25, -0.2) is 4.98 Å². The second-order valence-electron chi connectivity index (χ2n) is 4.81. The summed E-state index contributed by atoms with van der Waals surface area (Å²) in [6.45, 7) is 0.433. The maximum absolute atomic E-state index is 12.4. The van der Waals surface area contributed by atoms with E-state index >= 15 is 0 Å². The molecule has 3 heterocycles. The fourth-order valence-corrected chi connectivity index (χ4v) is 3.10. The van der Waals surface area contributed by atoms with Gasteiger partial charge in [-0.3, -0.25) is 14.3 Å². The molecule has 0 fully saturated rings. The first-order valence-electron chi connectivity index (χ1n) is 6.58. The van der Waals surface area contributed by atoms with Crippen molar-refractivity contribution in [3.63, 3.8) is 0 Å². The summed E-state index contributed by atoms with van der Waals surface area (Å²) in [5.41, 5.74) is 1.77. The number of fused-ring (bicyclic) bond motifs is 2. The van der Waals surface area contributed by atoms with Gasteiger partial charge in [-0.05, 0) is 23.6 Å². The SMILES string of the molecule is O=c1c2ccsc2ncn1Cc1ccc2ccccc2n1. The van der Waals surface area contributed by atoms with Crippen LogP contribution >= 0.6 is 11.3 Å². The molecular formula is C16H11N3OS. The number of para-hydroxylation sites is 1. The van der Waals surface area contributed by atoms with Crippen molar-refractivity contribution in [3.05, 3.63) is 70.2 Å². The van der Waals surface area contributed by atoms with Crippen molar-refractivity contribution in [2.45, 2.75) is 6.54 Å². The predicted octanol–water partition coefficient (Wildman–Crippen LogP) is 3.05. The van der Waals surface area contributed by atoms with Crippen LogP contribution in [0.15, 0.2) is 59.0 Å². The Hall–Kier alpha value is -2.53. The molecule has 0 unspecified atom stereocenters. The lowest BCUT2D eigenvalue weighted by Gasteiger charge is -2.06. The second kappa shape index (κ2) is 4.79. The third-order valence-electron chi connectivity index (χ3n) is 3.44. The number of hydrogen-bond acceptors (Lipinski definition) is 4. The Bertz CT molecular complexity index is 1000. The molecule has 0 aliphatic rings. The van der Waals surface area contributed by atoms with Crippen molar-refractivity contribution in [2.75, 3.05) is 0 Å². The molecule has 0 N–H and O–H groups in total. The number of pyridine rings is 1. The van der Waals surface area contributed by atoms with E-state index in [0.717, 1.165) is 21.4 Å². The normalized spacial score (nSPS) is 11.2. The van der Waals surface area contributed by atoms with E-state index in [1.807, 2.05) is 47.8 Å². The molecule has 0 amide bonds. The lowest BCUT2D eigenvalue weighted by molar-refractivity contribution is 0.733. The van der Waals surface area contributed by atoms with Gasteiger partial charge in [-0.1, -0.05) is 24.3 Å². The molecule has 21 heavy (non-hydrogen) atoms. The Labute approximate surface area is 124 Å². The monoisotopic (exact) mass is 293 g/mol. The maximum Gasteiger partial charge on any atom is 0.262 e. The van der Waals surface area contributed by atoms with E-state index in [-0.39, 0.29) is 5.56 Å². The maximum atomic E-state index is 12.4. The third-order valence-corrected chi connectivity index (χ3v) is 4.26. The van der Waals surface area contributed by atoms with Crippen molar-refractivity contribution in [2.24, 2.45) is 0 Å². The lowest BCUT2D eigenvalue weighted by Crippen LogP contribution is -2.20. The van der Waals surface area contributed by atoms with Crippen LogP contribution in [-0.4, -0.2) is 14.5 Å². The van der Waals surface area contributed by atoms with Crippen LogP contribution in [0, 0.1) is 0 Å². The quantitative estimate of drug-likeness (QED) is 0.570. The van der Waals surface area contributed by atoms with Crippen molar-refractivity contribution in [1.29, 1.82) is 0 Å². The van der Waals surface area contributed by atoms with Crippen molar-refractivity contribution >= 4 is 32.5 Å². The van der Waals surface area contributed by atoms with Gasteiger partial charge in [0.25, 0.3) is 5.56 Å². The van der Waals surface area contributed by atoms with Crippen molar-refractivity contribution < 1.29 is 0 Å². The van der Waals surface area contributed by atoms with E-state index in [1.54, 1.807) is 10.9 Å². The average molecular weight is 293 g/mol. The van der Waals surface area contributed by atoms with Crippen LogP contribution in [0.3, 0.4) is 0 Å². The van der Waals surface area contributed by atoms with Crippen molar-refractivity contribution in [3.8, 4) is 0 Å². The smallest absolute Gasteiger partial charge is 0.262 e. The standard InChI is InChI=1S/C16H11N3OS/c20-16-13-7-8-21-15(13)17-10-19(16)9-12-6-5-11-3-1-2-4-14(11)18-12/h1-8,10H,9H2. The Balaban J connectivity index is 1.78. The summed E-state index contributed by atoms with van der Waals surface area (Å²) in [6, 6.07) is 13.7. The first-order chi connectivity index (χ1) is 10.3. The molecule has 0 saturated heterocycles. The summed E-state index contributed by atoms with van der Waals surface area (Å²) in [6.07, 6.45) is 1.60. The lowest BCUT2D eigenvalue weighted by atomic mass is 10.2. The molecular weight excluding hydrogens is 282 g/mol. The molecule has 4 rings (SSSR count). The summed E-state index contributed by atoms with van der Waals surface area (Å²) in [5.74, 6) is 0. The fraction of sp³-hybridized carbons (Fsp3) is 0.0625. The highest BCUT2D eigenvalue weighted by atomic mass is 32.1. The second-order valence-corrected chi connectivity index (χ2v) is 5.71. The van der Waals surface area contributed by atoms with Crippen LogP contribution in [0.2, 0.25) is 0 Å². The van der Waals surface area contributed by atoms with Crippen LogP contribution in [0.5, 0.6) is 0 Å².